The summed E-state index contributed by atoms with van der Waals surface area (Å²) in [5, 5.41) is 8.22. The average molecular weight is 208 g/mol. The van der Waals surface area contributed by atoms with E-state index in [1.165, 1.54) is 0 Å². The van der Waals surface area contributed by atoms with E-state index in [9.17, 15) is 4.79 Å². The number of halogens is 1. The number of ketones is 1. The fourth-order valence-electron chi connectivity index (χ4n) is 1.13. The minimum atomic E-state index is -0.552. The van der Waals surface area contributed by atoms with Gasteiger partial charge in [0, 0.05) is 5.56 Å². The Morgan fingerprint density at radius 3 is 2.71 bits per heavy atom. The van der Waals surface area contributed by atoms with Crippen LogP contribution in [0.2, 0.25) is 0 Å². The Morgan fingerprint density at radius 2 is 2.21 bits per heavy atom. The predicted molar refractivity (Wildman–Crippen MR) is 55.5 cm³/mol. The van der Waals surface area contributed by atoms with Crippen molar-refractivity contribution in [2.75, 3.05) is 0 Å². The Kier molecular flexibility index (Phi) is 3.27. The molecule has 1 unspecified atom stereocenters. The smallest absolute Gasteiger partial charge is 0.180 e. The van der Waals surface area contributed by atoms with E-state index in [0.29, 0.717) is 11.1 Å². The van der Waals surface area contributed by atoms with Crippen LogP contribution < -0.4 is 0 Å². The normalized spacial score (nSPS) is 11.9. The second kappa shape index (κ2) is 4.26. The fraction of sp³-hybridized carbons (Fsp3) is 0.273. The van der Waals surface area contributed by atoms with Crippen LogP contribution in [0.1, 0.15) is 28.4 Å². The zero-order valence-corrected chi connectivity index (χ0v) is 8.80. The van der Waals surface area contributed by atoms with Crippen molar-refractivity contribution in [3.63, 3.8) is 0 Å². The van der Waals surface area contributed by atoms with E-state index in [1.807, 2.05) is 13.0 Å². The Balaban J connectivity index is 3.15. The van der Waals surface area contributed by atoms with Gasteiger partial charge in [-0.15, -0.1) is 11.6 Å². The van der Waals surface area contributed by atoms with Crippen molar-refractivity contribution < 1.29 is 4.79 Å². The summed E-state index contributed by atoms with van der Waals surface area (Å²) in [7, 11) is 0. The number of Topliss-reactive ketones (excluding diaryl/α,β-unsaturated/α-hetero) is 1. The molecule has 0 heterocycles. The van der Waals surface area contributed by atoms with Gasteiger partial charge in [0.15, 0.2) is 5.78 Å². The first-order valence-corrected chi connectivity index (χ1v) is 4.69. The molecule has 0 saturated heterocycles. The van der Waals surface area contributed by atoms with Crippen molar-refractivity contribution >= 4 is 17.4 Å². The number of aryl methyl sites for hydroxylation is 1. The van der Waals surface area contributed by atoms with Gasteiger partial charge in [0.2, 0.25) is 0 Å². The molecule has 0 spiro atoms. The third kappa shape index (κ3) is 2.12. The summed E-state index contributed by atoms with van der Waals surface area (Å²) in [6.45, 7) is 3.45. The standard InChI is InChI=1S/C11H10ClNO/c1-7-3-4-9(5-10(7)6-13)11(14)8(2)12/h3-5,8H,1-2H3. The van der Waals surface area contributed by atoms with Gasteiger partial charge in [-0.1, -0.05) is 12.1 Å². The van der Waals surface area contributed by atoms with E-state index in [0.717, 1.165) is 5.56 Å². The van der Waals surface area contributed by atoms with E-state index < -0.39 is 5.38 Å². The highest BCUT2D eigenvalue weighted by Gasteiger charge is 2.13. The number of carbonyl (C=O) groups is 1. The van der Waals surface area contributed by atoms with Gasteiger partial charge < -0.3 is 0 Å². The van der Waals surface area contributed by atoms with Crippen molar-refractivity contribution in [2.24, 2.45) is 0 Å². The quantitative estimate of drug-likeness (QED) is 0.553. The summed E-state index contributed by atoms with van der Waals surface area (Å²) in [5.41, 5.74) is 1.88. The number of carbonyl (C=O) groups excluding carboxylic acids is 1. The Bertz CT molecular complexity index is 404. The Morgan fingerprint density at radius 1 is 1.57 bits per heavy atom. The average Bonchev–Trinajstić information content (AvgIpc) is 2.17. The lowest BCUT2D eigenvalue weighted by atomic mass is 10.0. The van der Waals surface area contributed by atoms with Gasteiger partial charge in [-0.3, -0.25) is 4.79 Å². The first-order chi connectivity index (χ1) is 6.56. The topological polar surface area (TPSA) is 40.9 Å². The number of alkyl halides is 1. The zero-order valence-electron chi connectivity index (χ0n) is 8.04. The molecule has 14 heavy (non-hydrogen) atoms. The minimum Gasteiger partial charge on any atom is -0.293 e. The molecule has 1 aromatic carbocycles. The van der Waals surface area contributed by atoms with Crippen LogP contribution in [0.3, 0.4) is 0 Å². The molecule has 0 saturated carbocycles. The van der Waals surface area contributed by atoms with Crippen LogP contribution in [-0.4, -0.2) is 11.2 Å². The van der Waals surface area contributed by atoms with E-state index in [1.54, 1.807) is 25.1 Å². The Hall–Kier alpha value is -1.33. The lowest BCUT2D eigenvalue weighted by Gasteiger charge is -2.04. The van der Waals surface area contributed by atoms with Crippen LogP contribution in [-0.2, 0) is 0 Å². The summed E-state index contributed by atoms with van der Waals surface area (Å²) in [6, 6.07) is 7.06. The van der Waals surface area contributed by atoms with Crippen molar-refractivity contribution in [3.8, 4) is 6.07 Å². The molecule has 3 heteroatoms. The molecule has 0 aliphatic heterocycles. The fourth-order valence-corrected chi connectivity index (χ4v) is 1.25. The van der Waals surface area contributed by atoms with Crippen LogP contribution in [0.25, 0.3) is 0 Å². The largest absolute Gasteiger partial charge is 0.293 e. The van der Waals surface area contributed by atoms with Crippen LogP contribution in [0.15, 0.2) is 18.2 Å². The molecule has 1 atom stereocenters. The van der Waals surface area contributed by atoms with Crippen molar-refractivity contribution in [2.45, 2.75) is 19.2 Å². The van der Waals surface area contributed by atoms with Crippen LogP contribution in [0.4, 0.5) is 0 Å². The minimum absolute atomic E-state index is 0.150. The number of rotatable bonds is 2. The zero-order chi connectivity index (χ0) is 10.7. The summed E-state index contributed by atoms with van der Waals surface area (Å²) in [4.78, 5) is 11.5. The van der Waals surface area contributed by atoms with E-state index in [2.05, 4.69) is 0 Å². The number of hydrogen-bond acceptors (Lipinski definition) is 2. The van der Waals surface area contributed by atoms with E-state index in [4.69, 9.17) is 16.9 Å². The lowest BCUT2D eigenvalue weighted by molar-refractivity contribution is 0.0991. The molecule has 0 aromatic heterocycles. The summed E-state index contributed by atoms with van der Waals surface area (Å²) in [6.07, 6.45) is 0. The van der Waals surface area contributed by atoms with Gasteiger partial charge >= 0.3 is 0 Å². The molecule has 2 nitrogen and oxygen atoms in total. The highest BCUT2D eigenvalue weighted by atomic mass is 35.5. The predicted octanol–water partition coefficient (Wildman–Crippen LogP) is 2.68. The maximum absolute atomic E-state index is 11.5. The third-order valence-corrected chi connectivity index (χ3v) is 2.20. The highest BCUT2D eigenvalue weighted by Crippen LogP contribution is 2.13. The summed E-state index contributed by atoms with van der Waals surface area (Å²) in [5.74, 6) is -0.150. The van der Waals surface area contributed by atoms with E-state index >= 15 is 0 Å². The van der Waals surface area contributed by atoms with Gasteiger partial charge in [0.25, 0.3) is 0 Å². The molecule has 0 bridgehead atoms. The molecule has 72 valence electrons. The third-order valence-electron chi connectivity index (χ3n) is 2.00. The molecular formula is C11H10ClNO. The number of nitrogens with zero attached hydrogens (tertiary/aromatic N) is 1. The Labute approximate surface area is 88.1 Å². The SMILES string of the molecule is Cc1ccc(C(=O)C(C)Cl)cc1C#N. The molecule has 1 aromatic rings. The summed E-state index contributed by atoms with van der Waals surface area (Å²) >= 11 is 5.67. The maximum atomic E-state index is 11.5. The monoisotopic (exact) mass is 207 g/mol. The molecular weight excluding hydrogens is 198 g/mol. The highest BCUT2D eigenvalue weighted by molar-refractivity contribution is 6.33. The summed E-state index contributed by atoms with van der Waals surface area (Å²) < 4.78 is 0. The molecule has 0 amide bonds. The molecule has 0 radical (unpaired) electrons. The number of benzene rings is 1. The number of nitriles is 1. The van der Waals surface area contributed by atoms with Crippen LogP contribution >= 0.6 is 11.6 Å². The first kappa shape index (κ1) is 10.7. The molecule has 0 aliphatic rings. The molecule has 0 aliphatic carbocycles. The van der Waals surface area contributed by atoms with Gasteiger partial charge in [-0.05, 0) is 25.5 Å². The van der Waals surface area contributed by atoms with Crippen molar-refractivity contribution in [3.05, 3.63) is 34.9 Å². The number of hydrogen-bond donors (Lipinski definition) is 0. The van der Waals surface area contributed by atoms with E-state index in [-0.39, 0.29) is 5.78 Å². The lowest BCUT2D eigenvalue weighted by Crippen LogP contribution is -2.10. The molecule has 1 rings (SSSR count). The second-order valence-electron chi connectivity index (χ2n) is 3.12. The van der Waals surface area contributed by atoms with Gasteiger partial charge in [0.1, 0.15) is 0 Å². The van der Waals surface area contributed by atoms with Gasteiger partial charge in [-0.2, -0.15) is 5.26 Å². The van der Waals surface area contributed by atoms with Crippen molar-refractivity contribution in [1.82, 2.24) is 0 Å². The first-order valence-electron chi connectivity index (χ1n) is 4.25. The molecule has 0 N–H and O–H groups in total. The van der Waals surface area contributed by atoms with Crippen LogP contribution in [0.5, 0.6) is 0 Å². The van der Waals surface area contributed by atoms with Gasteiger partial charge in [-0.25, -0.2) is 0 Å². The maximum Gasteiger partial charge on any atom is 0.180 e. The second-order valence-corrected chi connectivity index (χ2v) is 3.78. The van der Waals surface area contributed by atoms with Crippen molar-refractivity contribution in [1.29, 1.82) is 5.26 Å². The van der Waals surface area contributed by atoms with Crippen LogP contribution in [0, 0.1) is 18.3 Å². The molecule has 0 fully saturated rings. The van der Waals surface area contributed by atoms with Gasteiger partial charge in [0.05, 0.1) is 17.0 Å².